The van der Waals surface area contributed by atoms with Crippen molar-refractivity contribution in [2.24, 2.45) is 5.73 Å². The monoisotopic (exact) mass is 199 g/mol. The van der Waals surface area contributed by atoms with Crippen molar-refractivity contribution in [1.82, 2.24) is 0 Å². The predicted molar refractivity (Wildman–Crippen MR) is 55.4 cm³/mol. The van der Waals surface area contributed by atoms with Gasteiger partial charge < -0.3 is 5.73 Å². The fourth-order valence-electron chi connectivity index (χ4n) is 1.02. The standard InChI is InChI=1S/C10H14FNS/c1-2-8(7-12)13-10-6-4-3-5-9(10)11/h3-6,8H,2,7,12H2,1H3. The van der Waals surface area contributed by atoms with Gasteiger partial charge in [-0.05, 0) is 18.6 Å². The third kappa shape index (κ3) is 3.01. The number of thioether (sulfide) groups is 1. The predicted octanol–water partition coefficient (Wildman–Crippen LogP) is 2.66. The van der Waals surface area contributed by atoms with Crippen molar-refractivity contribution in [3.63, 3.8) is 0 Å². The van der Waals surface area contributed by atoms with Gasteiger partial charge in [-0.2, -0.15) is 0 Å². The minimum atomic E-state index is -0.153. The number of rotatable bonds is 4. The zero-order chi connectivity index (χ0) is 9.68. The first kappa shape index (κ1) is 10.5. The van der Waals surface area contributed by atoms with Gasteiger partial charge in [-0.3, -0.25) is 0 Å². The SMILES string of the molecule is CCC(CN)Sc1ccccc1F. The van der Waals surface area contributed by atoms with Crippen LogP contribution in [0.25, 0.3) is 0 Å². The van der Waals surface area contributed by atoms with Gasteiger partial charge in [0.15, 0.2) is 0 Å². The summed E-state index contributed by atoms with van der Waals surface area (Å²) >= 11 is 1.52. The number of hydrogen-bond donors (Lipinski definition) is 1. The van der Waals surface area contributed by atoms with Gasteiger partial charge >= 0.3 is 0 Å². The van der Waals surface area contributed by atoms with Crippen LogP contribution in [-0.4, -0.2) is 11.8 Å². The van der Waals surface area contributed by atoms with Crippen LogP contribution >= 0.6 is 11.8 Å². The molecule has 0 fully saturated rings. The van der Waals surface area contributed by atoms with Crippen molar-refractivity contribution < 1.29 is 4.39 Å². The van der Waals surface area contributed by atoms with Crippen LogP contribution in [0.2, 0.25) is 0 Å². The summed E-state index contributed by atoms with van der Waals surface area (Å²) in [5, 5.41) is 0.317. The number of hydrogen-bond acceptors (Lipinski definition) is 2. The van der Waals surface area contributed by atoms with Crippen molar-refractivity contribution in [2.45, 2.75) is 23.5 Å². The topological polar surface area (TPSA) is 26.0 Å². The Morgan fingerprint density at radius 3 is 2.69 bits per heavy atom. The van der Waals surface area contributed by atoms with Gasteiger partial charge in [0.2, 0.25) is 0 Å². The van der Waals surface area contributed by atoms with E-state index < -0.39 is 0 Å². The zero-order valence-corrected chi connectivity index (χ0v) is 8.48. The Kier molecular flexibility index (Phi) is 4.25. The Hall–Kier alpha value is -0.540. The molecule has 0 saturated heterocycles. The third-order valence-electron chi connectivity index (χ3n) is 1.85. The molecule has 13 heavy (non-hydrogen) atoms. The van der Waals surface area contributed by atoms with E-state index in [1.165, 1.54) is 17.8 Å². The largest absolute Gasteiger partial charge is 0.329 e. The minimum absolute atomic E-state index is 0.153. The summed E-state index contributed by atoms with van der Waals surface area (Å²) in [5.41, 5.74) is 5.54. The van der Waals surface area contributed by atoms with E-state index in [1.54, 1.807) is 12.1 Å². The molecule has 72 valence electrons. The second-order valence-corrected chi connectivity index (χ2v) is 4.16. The lowest BCUT2D eigenvalue weighted by atomic mass is 10.3. The third-order valence-corrected chi connectivity index (χ3v) is 3.29. The Bertz CT molecular complexity index is 261. The highest BCUT2D eigenvalue weighted by atomic mass is 32.2. The van der Waals surface area contributed by atoms with Crippen LogP contribution in [0, 0.1) is 5.82 Å². The van der Waals surface area contributed by atoms with Crippen molar-refractivity contribution in [3.05, 3.63) is 30.1 Å². The summed E-state index contributed by atoms with van der Waals surface area (Å²) < 4.78 is 13.2. The van der Waals surface area contributed by atoms with Gasteiger partial charge in [-0.15, -0.1) is 11.8 Å². The molecule has 1 rings (SSSR count). The van der Waals surface area contributed by atoms with Gasteiger partial charge in [0, 0.05) is 16.7 Å². The Balaban J connectivity index is 2.67. The van der Waals surface area contributed by atoms with Gasteiger partial charge in [-0.25, -0.2) is 4.39 Å². The highest BCUT2D eigenvalue weighted by Gasteiger charge is 2.08. The summed E-state index contributed by atoms with van der Waals surface area (Å²) in [4.78, 5) is 0.694. The van der Waals surface area contributed by atoms with Crippen LogP contribution in [0.15, 0.2) is 29.2 Å². The van der Waals surface area contributed by atoms with Crippen molar-refractivity contribution in [2.75, 3.05) is 6.54 Å². The maximum atomic E-state index is 13.2. The Morgan fingerprint density at radius 1 is 1.46 bits per heavy atom. The van der Waals surface area contributed by atoms with Gasteiger partial charge in [0.25, 0.3) is 0 Å². The normalized spacial score (nSPS) is 12.8. The lowest BCUT2D eigenvalue weighted by Gasteiger charge is -2.11. The second kappa shape index (κ2) is 5.25. The molecule has 0 radical (unpaired) electrons. The molecule has 0 aliphatic carbocycles. The molecule has 0 aliphatic rings. The van der Waals surface area contributed by atoms with Gasteiger partial charge in [-0.1, -0.05) is 19.1 Å². The van der Waals surface area contributed by atoms with Crippen molar-refractivity contribution in [1.29, 1.82) is 0 Å². The Morgan fingerprint density at radius 2 is 2.15 bits per heavy atom. The van der Waals surface area contributed by atoms with Crippen molar-refractivity contribution >= 4 is 11.8 Å². The fraction of sp³-hybridized carbons (Fsp3) is 0.400. The average Bonchev–Trinajstić information content (AvgIpc) is 2.17. The maximum absolute atomic E-state index is 13.2. The first-order valence-corrected chi connectivity index (χ1v) is 5.27. The minimum Gasteiger partial charge on any atom is -0.329 e. The first-order valence-electron chi connectivity index (χ1n) is 4.39. The van der Waals surface area contributed by atoms with E-state index in [0.717, 1.165) is 6.42 Å². The van der Waals surface area contributed by atoms with E-state index in [-0.39, 0.29) is 5.82 Å². The van der Waals surface area contributed by atoms with Crippen LogP contribution in [0.1, 0.15) is 13.3 Å². The molecule has 2 N–H and O–H groups in total. The van der Waals surface area contributed by atoms with Crippen LogP contribution in [0.3, 0.4) is 0 Å². The Labute approximate surface area is 82.5 Å². The molecule has 0 spiro atoms. The van der Waals surface area contributed by atoms with Gasteiger partial charge in [0.05, 0.1) is 0 Å². The average molecular weight is 199 g/mol. The number of benzene rings is 1. The second-order valence-electron chi connectivity index (χ2n) is 2.81. The van der Waals surface area contributed by atoms with Crippen LogP contribution in [-0.2, 0) is 0 Å². The molecule has 0 amide bonds. The zero-order valence-electron chi connectivity index (χ0n) is 7.66. The molecule has 0 heterocycles. The molecule has 1 nitrogen and oxygen atoms in total. The molecule has 1 atom stereocenters. The molecule has 1 unspecified atom stereocenters. The summed E-state index contributed by atoms with van der Waals surface area (Å²) in [6.07, 6.45) is 0.968. The van der Waals surface area contributed by atoms with Crippen LogP contribution in [0.5, 0.6) is 0 Å². The molecule has 3 heteroatoms. The van der Waals surface area contributed by atoms with E-state index in [1.807, 2.05) is 6.07 Å². The van der Waals surface area contributed by atoms with E-state index in [9.17, 15) is 4.39 Å². The summed E-state index contributed by atoms with van der Waals surface area (Å²) in [5.74, 6) is -0.153. The highest BCUT2D eigenvalue weighted by Crippen LogP contribution is 2.26. The number of nitrogens with two attached hydrogens (primary N) is 1. The molecular formula is C10H14FNS. The molecule has 0 bridgehead atoms. The maximum Gasteiger partial charge on any atom is 0.136 e. The van der Waals surface area contributed by atoms with E-state index in [4.69, 9.17) is 5.73 Å². The van der Waals surface area contributed by atoms with Gasteiger partial charge in [0.1, 0.15) is 5.82 Å². The summed E-state index contributed by atoms with van der Waals surface area (Å²) in [6.45, 7) is 2.65. The fourth-order valence-corrected chi connectivity index (χ4v) is 1.98. The lowest BCUT2D eigenvalue weighted by molar-refractivity contribution is 0.601. The van der Waals surface area contributed by atoms with Crippen LogP contribution < -0.4 is 5.73 Å². The van der Waals surface area contributed by atoms with E-state index >= 15 is 0 Å². The number of halogens is 1. The molecule has 0 saturated carbocycles. The molecule has 0 aromatic heterocycles. The molecular weight excluding hydrogens is 185 g/mol. The molecule has 0 aliphatic heterocycles. The highest BCUT2D eigenvalue weighted by molar-refractivity contribution is 8.00. The first-order chi connectivity index (χ1) is 6.27. The lowest BCUT2D eigenvalue weighted by Crippen LogP contribution is -2.15. The smallest absolute Gasteiger partial charge is 0.136 e. The summed E-state index contributed by atoms with van der Waals surface area (Å²) in [6, 6.07) is 6.81. The quantitative estimate of drug-likeness (QED) is 0.754. The van der Waals surface area contributed by atoms with Crippen LogP contribution in [0.4, 0.5) is 4.39 Å². The van der Waals surface area contributed by atoms with E-state index in [0.29, 0.717) is 16.7 Å². The summed E-state index contributed by atoms with van der Waals surface area (Å²) in [7, 11) is 0. The molecule has 1 aromatic carbocycles. The van der Waals surface area contributed by atoms with Crippen molar-refractivity contribution in [3.8, 4) is 0 Å². The molecule has 1 aromatic rings. The van der Waals surface area contributed by atoms with E-state index in [2.05, 4.69) is 6.92 Å².